The van der Waals surface area contributed by atoms with Crippen LogP contribution in [0.1, 0.15) is 5.56 Å². The lowest BCUT2D eigenvalue weighted by Crippen LogP contribution is -2.32. The number of rotatable bonds is 7. The Morgan fingerprint density at radius 1 is 1.06 bits per heavy atom. The Kier molecular flexibility index (Phi) is 7.64. The second-order valence-corrected chi connectivity index (χ2v) is 8.46. The van der Waals surface area contributed by atoms with Gasteiger partial charge in [-0.25, -0.2) is 22.8 Å². The van der Waals surface area contributed by atoms with E-state index in [1.165, 1.54) is 80.2 Å². The highest BCUT2D eigenvalue weighted by Crippen LogP contribution is 2.22. The van der Waals surface area contributed by atoms with Crippen LogP contribution in [0.5, 0.6) is 5.88 Å². The second-order valence-electron chi connectivity index (χ2n) is 6.37. The van der Waals surface area contributed by atoms with Gasteiger partial charge in [0.25, 0.3) is 15.9 Å². The van der Waals surface area contributed by atoms with E-state index in [1.54, 1.807) is 0 Å². The van der Waals surface area contributed by atoms with E-state index in [0.29, 0.717) is 11.3 Å². The number of nitrogens with zero attached hydrogens (tertiary/aromatic N) is 2. The van der Waals surface area contributed by atoms with Crippen LogP contribution in [-0.4, -0.2) is 36.5 Å². The first-order valence-electron chi connectivity index (χ1n) is 9.30. The van der Waals surface area contributed by atoms with E-state index in [2.05, 4.69) is 25.3 Å². The molecule has 1 amide bonds. The highest BCUT2D eigenvalue weighted by molar-refractivity contribution is 7.92. The molecule has 3 N–H and O–H groups in total. The van der Waals surface area contributed by atoms with Crippen molar-refractivity contribution in [3.8, 4) is 5.88 Å². The highest BCUT2D eigenvalue weighted by Gasteiger charge is 2.18. The Bertz CT molecular complexity index is 1280. The fourth-order valence-corrected chi connectivity index (χ4v) is 3.74. The number of benzene rings is 2. The zero-order valence-corrected chi connectivity index (χ0v) is 18.8. The summed E-state index contributed by atoms with van der Waals surface area (Å²) < 4.78 is 45.4. The molecule has 2 aromatic carbocycles. The van der Waals surface area contributed by atoms with Crippen LogP contribution in [0.2, 0.25) is 0 Å². The van der Waals surface area contributed by atoms with Crippen molar-refractivity contribution in [2.75, 3.05) is 17.1 Å². The van der Waals surface area contributed by atoms with Crippen LogP contribution >= 0.6 is 12.2 Å². The number of nitrogens with one attached hydrogen (secondary N) is 3. The molecule has 170 valence electrons. The summed E-state index contributed by atoms with van der Waals surface area (Å²) in [6, 6.07) is 11.3. The van der Waals surface area contributed by atoms with Crippen LogP contribution in [0.4, 0.5) is 15.9 Å². The quantitative estimate of drug-likeness (QED) is 0.344. The van der Waals surface area contributed by atoms with Crippen molar-refractivity contribution in [3.63, 3.8) is 0 Å². The fraction of sp³-hybridized carbons (Fsp3) is 0.0476. The third kappa shape index (κ3) is 6.79. The number of ether oxygens (including phenoxy) is 1. The van der Waals surface area contributed by atoms with Crippen molar-refractivity contribution >= 4 is 50.8 Å². The van der Waals surface area contributed by atoms with Gasteiger partial charge < -0.3 is 10.1 Å². The molecule has 3 aromatic rings. The molecule has 0 fully saturated rings. The number of halogens is 1. The molecule has 1 heterocycles. The van der Waals surface area contributed by atoms with Crippen molar-refractivity contribution in [2.45, 2.75) is 4.90 Å². The molecule has 0 radical (unpaired) electrons. The van der Waals surface area contributed by atoms with Crippen LogP contribution in [0, 0.1) is 5.82 Å². The van der Waals surface area contributed by atoms with Gasteiger partial charge in [-0.15, -0.1) is 0 Å². The third-order valence-electron chi connectivity index (χ3n) is 4.05. The molecule has 0 saturated carbocycles. The zero-order valence-electron chi connectivity index (χ0n) is 17.2. The summed E-state index contributed by atoms with van der Waals surface area (Å²) in [6.45, 7) is 0. The van der Waals surface area contributed by atoms with E-state index >= 15 is 0 Å². The second kappa shape index (κ2) is 10.6. The zero-order chi connectivity index (χ0) is 23.8. The van der Waals surface area contributed by atoms with Crippen LogP contribution in [0.3, 0.4) is 0 Å². The maximum absolute atomic E-state index is 12.9. The molecule has 0 aliphatic heterocycles. The minimum Gasteiger partial charge on any atom is -0.478 e. The van der Waals surface area contributed by atoms with Gasteiger partial charge in [-0.3, -0.25) is 14.8 Å². The number of sulfonamides is 1. The van der Waals surface area contributed by atoms with E-state index in [1.807, 2.05) is 0 Å². The van der Waals surface area contributed by atoms with E-state index in [9.17, 15) is 17.6 Å². The molecule has 0 bridgehead atoms. The molecule has 0 saturated heterocycles. The number of thiocarbonyl (C=S) groups is 1. The average Bonchev–Trinajstić information content (AvgIpc) is 2.79. The third-order valence-corrected chi connectivity index (χ3v) is 5.60. The number of methoxy groups -OCH3 is 1. The maximum Gasteiger partial charge on any atom is 0.263 e. The monoisotopic (exact) mass is 487 g/mol. The Hall–Kier alpha value is -3.90. The maximum atomic E-state index is 12.9. The summed E-state index contributed by atoms with van der Waals surface area (Å²) in [5, 5.41) is 5.26. The summed E-state index contributed by atoms with van der Waals surface area (Å²) in [5.74, 6) is -0.864. The number of amides is 1. The summed E-state index contributed by atoms with van der Waals surface area (Å²) in [7, 11) is -2.59. The van der Waals surface area contributed by atoms with Crippen LogP contribution in [-0.2, 0) is 14.8 Å². The van der Waals surface area contributed by atoms with E-state index in [4.69, 9.17) is 17.0 Å². The van der Waals surface area contributed by atoms with E-state index in [-0.39, 0.29) is 27.5 Å². The number of hydrogen-bond acceptors (Lipinski definition) is 7. The minimum atomic E-state index is -3.94. The fourth-order valence-electron chi connectivity index (χ4n) is 2.51. The highest BCUT2D eigenvalue weighted by atomic mass is 32.2. The van der Waals surface area contributed by atoms with Crippen LogP contribution in [0.15, 0.2) is 71.9 Å². The standard InChI is InChI=1S/C21H18FN5O4S2/c1-31-20-19(23-12-13-24-20)27-33(29,30)17-9-7-16(8-10-17)25-21(32)26-18(28)11-4-14-2-5-15(22)6-3-14/h2-13H,1H3,(H,23,27)(H2,25,26,28,32)/b11-4+. The largest absolute Gasteiger partial charge is 0.478 e. The molecule has 33 heavy (non-hydrogen) atoms. The number of aromatic nitrogens is 2. The van der Waals surface area contributed by atoms with Gasteiger partial charge in [-0.1, -0.05) is 12.1 Å². The van der Waals surface area contributed by atoms with E-state index < -0.39 is 15.9 Å². The Balaban J connectivity index is 1.58. The van der Waals surface area contributed by atoms with Crippen molar-refractivity contribution in [2.24, 2.45) is 0 Å². The number of carbonyl (C=O) groups is 1. The lowest BCUT2D eigenvalue weighted by Gasteiger charge is -2.11. The van der Waals surface area contributed by atoms with Gasteiger partial charge in [0.2, 0.25) is 11.7 Å². The average molecular weight is 488 g/mol. The topological polar surface area (TPSA) is 122 Å². The molecular weight excluding hydrogens is 469 g/mol. The van der Waals surface area contributed by atoms with Gasteiger partial charge in [0, 0.05) is 24.2 Å². The molecule has 1 aromatic heterocycles. The Morgan fingerprint density at radius 2 is 1.73 bits per heavy atom. The summed E-state index contributed by atoms with van der Waals surface area (Å²) in [4.78, 5) is 19.8. The van der Waals surface area contributed by atoms with Crippen molar-refractivity contribution in [1.29, 1.82) is 0 Å². The Morgan fingerprint density at radius 3 is 2.39 bits per heavy atom. The predicted molar refractivity (Wildman–Crippen MR) is 126 cm³/mol. The molecule has 12 heteroatoms. The first-order valence-corrected chi connectivity index (χ1v) is 11.2. The first kappa shape index (κ1) is 23.8. The molecule has 0 aliphatic carbocycles. The van der Waals surface area contributed by atoms with Gasteiger partial charge in [0.15, 0.2) is 5.11 Å². The van der Waals surface area contributed by atoms with Crippen molar-refractivity contribution < 1.29 is 22.3 Å². The summed E-state index contributed by atoms with van der Waals surface area (Å²) in [6.07, 6.45) is 5.47. The first-order chi connectivity index (χ1) is 15.8. The van der Waals surface area contributed by atoms with Gasteiger partial charge in [0.1, 0.15) is 5.82 Å². The van der Waals surface area contributed by atoms with Gasteiger partial charge >= 0.3 is 0 Å². The van der Waals surface area contributed by atoms with Gasteiger partial charge in [-0.05, 0) is 60.3 Å². The lowest BCUT2D eigenvalue weighted by atomic mass is 10.2. The SMILES string of the molecule is COc1nccnc1NS(=O)(=O)c1ccc(NC(=S)NC(=O)/C=C/c2ccc(F)cc2)cc1. The van der Waals surface area contributed by atoms with Crippen molar-refractivity contribution in [1.82, 2.24) is 15.3 Å². The van der Waals surface area contributed by atoms with E-state index in [0.717, 1.165) is 0 Å². The number of anilines is 2. The smallest absolute Gasteiger partial charge is 0.263 e. The summed E-state index contributed by atoms with van der Waals surface area (Å²) in [5.41, 5.74) is 1.11. The van der Waals surface area contributed by atoms with Crippen LogP contribution < -0.4 is 20.1 Å². The molecule has 9 nitrogen and oxygen atoms in total. The van der Waals surface area contributed by atoms with Crippen molar-refractivity contribution in [3.05, 3.63) is 78.4 Å². The lowest BCUT2D eigenvalue weighted by molar-refractivity contribution is -0.115. The predicted octanol–water partition coefficient (Wildman–Crippen LogP) is 2.95. The molecule has 0 aliphatic rings. The van der Waals surface area contributed by atoms with Gasteiger partial charge in [0.05, 0.1) is 12.0 Å². The van der Waals surface area contributed by atoms with Gasteiger partial charge in [-0.2, -0.15) is 0 Å². The summed E-state index contributed by atoms with van der Waals surface area (Å²) >= 11 is 5.09. The van der Waals surface area contributed by atoms with Crippen LogP contribution in [0.25, 0.3) is 6.08 Å². The molecular formula is C21H18FN5O4S2. The Labute approximate surface area is 194 Å². The molecule has 0 unspecified atom stereocenters. The minimum absolute atomic E-state index is 0.0155. The molecule has 3 rings (SSSR count). The number of hydrogen-bond donors (Lipinski definition) is 3. The molecule has 0 atom stereocenters. The number of carbonyl (C=O) groups excluding carboxylic acids is 1. The normalized spacial score (nSPS) is 11.1. The molecule has 0 spiro atoms.